The second-order valence-corrected chi connectivity index (χ2v) is 4.64. The number of aldehydes is 1. The Labute approximate surface area is 110 Å². The van der Waals surface area contributed by atoms with Crippen molar-refractivity contribution in [2.45, 2.75) is 44.3 Å². The average Bonchev–Trinajstić information content (AvgIpc) is 2.39. The van der Waals surface area contributed by atoms with Crippen LogP contribution in [0.4, 0.5) is 13.2 Å². The van der Waals surface area contributed by atoms with Gasteiger partial charge in [0, 0.05) is 11.6 Å². The molecule has 0 amide bonds. The van der Waals surface area contributed by atoms with Crippen LogP contribution in [0.25, 0.3) is 0 Å². The Morgan fingerprint density at radius 3 is 2.21 bits per heavy atom. The number of benzene rings is 1. The number of alkyl halides is 3. The summed E-state index contributed by atoms with van der Waals surface area (Å²) in [5.74, 6) is 0. The van der Waals surface area contributed by atoms with Gasteiger partial charge in [0.15, 0.2) is 0 Å². The highest BCUT2D eigenvalue weighted by Crippen LogP contribution is 2.29. The molecule has 2 nitrogen and oxygen atoms in total. The molecule has 0 aliphatic heterocycles. The molecule has 0 unspecified atom stereocenters. The third kappa shape index (κ3) is 5.87. The van der Waals surface area contributed by atoms with Gasteiger partial charge in [0.1, 0.15) is 6.29 Å². The average molecular weight is 273 g/mol. The summed E-state index contributed by atoms with van der Waals surface area (Å²) in [6, 6.07) is 4.79. The number of carbonyl (C=O) groups is 1. The van der Waals surface area contributed by atoms with E-state index in [4.69, 9.17) is 5.73 Å². The van der Waals surface area contributed by atoms with Gasteiger partial charge in [-0.3, -0.25) is 4.79 Å². The Balaban J connectivity index is 0.000000218. The van der Waals surface area contributed by atoms with E-state index in [0.29, 0.717) is 12.3 Å². The van der Waals surface area contributed by atoms with Crippen molar-refractivity contribution in [1.82, 2.24) is 0 Å². The third-order valence-corrected chi connectivity index (χ3v) is 3.00. The van der Waals surface area contributed by atoms with Gasteiger partial charge >= 0.3 is 6.18 Å². The molecule has 0 atom stereocenters. The summed E-state index contributed by atoms with van der Waals surface area (Å²) in [6.45, 7) is 0. The van der Waals surface area contributed by atoms with Crippen molar-refractivity contribution in [2.24, 2.45) is 5.73 Å². The molecule has 106 valence electrons. The quantitative estimate of drug-likeness (QED) is 0.791. The van der Waals surface area contributed by atoms with Crippen LogP contribution in [0, 0.1) is 0 Å². The number of nitrogens with two attached hydrogens (primary N) is 1. The minimum absolute atomic E-state index is 0.0322. The summed E-state index contributed by atoms with van der Waals surface area (Å²) in [7, 11) is 0. The molecular formula is C14H18F3NO. The lowest BCUT2D eigenvalue weighted by atomic mass is 9.97. The Morgan fingerprint density at radius 1 is 1.16 bits per heavy atom. The maximum absolute atomic E-state index is 12.0. The molecule has 0 heterocycles. The highest BCUT2D eigenvalue weighted by molar-refractivity contribution is 5.74. The maximum Gasteiger partial charge on any atom is 0.416 e. The van der Waals surface area contributed by atoms with E-state index in [2.05, 4.69) is 0 Å². The first-order valence-corrected chi connectivity index (χ1v) is 6.31. The molecular weight excluding hydrogens is 255 g/mol. The number of hydrogen-bond acceptors (Lipinski definition) is 2. The van der Waals surface area contributed by atoms with E-state index >= 15 is 0 Å². The molecule has 0 aromatic heterocycles. The van der Waals surface area contributed by atoms with Gasteiger partial charge in [-0.1, -0.05) is 31.4 Å². The lowest BCUT2D eigenvalue weighted by molar-refractivity contribution is -0.137. The lowest BCUT2D eigenvalue weighted by Gasteiger charge is -2.15. The molecule has 0 saturated heterocycles. The molecule has 1 aromatic rings. The normalized spacial score (nSPS) is 16.4. The summed E-state index contributed by atoms with van der Waals surface area (Å²) < 4.78 is 36.0. The molecule has 1 saturated carbocycles. The van der Waals surface area contributed by atoms with Gasteiger partial charge in [0.25, 0.3) is 0 Å². The Bertz CT molecular complexity index is 398. The fourth-order valence-corrected chi connectivity index (χ4v) is 1.92. The summed E-state index contributed by atoms with van der Waals surface area (Å²) in [4.78, 5) is 10.1. The SMILES string of the molecule is NC1CCCCC1.O=Cc1cccc(C(F)(F)F)c1. The van der Waals surface area contributed by atoms with Crippen molar-refractivity contribution in [3.63, 3.8) is 0 Å². The van der Waals surface area contributed by atoms with E-state index in [1.54, 1.807) is 0 Å². The summed E-state index contributed by atoms with van der Waals surface area (Å²) in [5.41, 5.74) is 4.87. The van der Waals surface area contributed by atoms with E-state index in [1.165, 1.54) is 44.2 Å². The highest BCUT2D eigenvalue weighted by atomic mass is 19.4. The summed E-state index contributed by atoms with van der Waals surface area (Å²) in [5, 5.41) is 0. The van der Waals surface area contributed by atoms with Gasteiger partial charge < -0.3 is 5.73 Å². The molecule has 0 radical (unpaired) electrons. The fraction of sp³-hybridized carbons (Fsp3) is 0.500. The zero-order chi connectivity index (χ0) is 14.3. The number of halogens is 3. The van der Waals surface area contributed by atoms with Gasteiger partial charge in [-0.05, 0) is 25.0 Å². The molecule has 2 rings (SSSR count). The van der Waals surface area contributed by atoms with Crippen molar-refractivity contribution in [2.75, 3.05) is 0 Å². The van der Waals surface area contributed by atoms with Crippen molar-refractivity contribution >= 4 is 6.29 Å². The second kappa shape index (κ2) is 7.28. The minimum Gasteiger partial charge on any atom is -0.328 e. The van der Waals surface area contributed by atoms with Gasteiger partial charge in [0.2, 0.25) is 0 Å². The van der Waals surface area contributed by atoms with Crippen LogP contribution in [0.3, 0.4) is 0 Å². The van der Waals surface area contributed by atoms with Gasteiger partial charge in [-0.25, -0.2) is 0 Å². The molecule has 1 aliphatic rings. The molecule has 0 bridgehead atoms. The second-order valence-electron chi connectivity index (χ2n) is 4.64. The molecule has 1 fully saturated rings. The fourth-order valence-electron chi connectivity index (χ4n) is 1.92. The number of rotatable bonds is 1. The Morgan fingerprint density at radius 2 is 1.79 bits per heavy atom. The standard InChI is InChI=1S/C8H5F3O.C6H13N/c9-8(10,11)7-3-1-2-6(4-7)5-12;7-6-4-2-1-3-5-6/h1-5H;6H,1-5,7H2. The smallest absolute Gasteiger partial charge is 0.328 e. The van der Waals surface area contributed by atoms with Crippen molar-refractivity contribution < 1.29 is 18.0 Å². The van der Waals surface area contributed by atoms with Crippen molar-refractivity contribution in [3.05, 3.63) is 35.4 Å². The van der Waals surface area contributed by atoms with Crippen LogP contribution in [0.1, 0.15) is 48.0 Å². The summed E-state index contributed by atoms with van der Waals surface area (Å²) >= 11 is 0. The van der Waals surface area contributed by atoms with Crippen LogP contribution in [-0.4, -0.2) is 12.3 Å². The first-order chi connectivity index (χ1) is 8.93. The molecule has 1 aliphatic carbocycles. The lowest BCUT2D eigenvalue weighted by Crippen LogP contribution is -2.22. The Hall–Kier alpha value is -1.36. The largest absolute Gasteiger partial charge is 0.416 e. The van der Waals surface area contributed by atoms with E-state index in [0.717, 1.165) is 12.1 Å². The van der Waals surface area contributed by atoms with Crippen LogP contribution >= 0.6 is 0 Å². The van der Waals surface area contributed by atoms with Crippen molar-refractivity contribution in [1.29, 1.82) is 0 Å². The van der Waals surface area contributed by atoms with Crippen LogP contribution in [0.5, 0.6) is 0 Å². The van der Waals surface area contributed by atoms with Gasteiger partial charge in [0.05, 0.1) is 5.56 Å². The highest BCUT2D eigenvalue weighted by Gasteiger charge is 2.30. The monoisotopic (exact) mass is 273 g/mol. The van der Waals surface area contributed by atoms with Crippen LogP contribution in [0.2, 0.25) is 0 Å². The molecule has 5 heteroatoms. The zero-order valence-electron chi connectivity index (χ0n) is 10.6. The molecule has 0 spiro atoms. The molecule has 19 heavy (non-hydrogen) atoms. The third-order valence-electron chi connectivity index (χ3n) is 3.00. The number of carbonyl (C=O) groups excluding carboxylic acids is 1. The number of hydrogen-bond donors (Lipinski definition) is 1. The van der Waals surface area contributed by atoms with E-state index in [-0.39, 0.29) is 5.56 Å². The predicted molar refractivity (Wildman–Crippen MR) is 67.9 cm³/mol. The predicted octanol–water partition coefficient (Wildman–Crippen LogP) is 3.80. The van der Waals surface area contributed by atoms with Gasteiger partial charge in [-0.2, -0.15) is 13.2 Å². The van der Waals surface area contributed by atoms with Crippen LogP contribution in [-0.2, 0) is 6.18 Å². The zero-order valence-corrected chi connectivity index (χ0v) is 10.6. The van der Waals surface area contributed by atoms with E-state index in [9.17, 15) is 18.0 Å². The maximum atomic E-state index is 12.0. The van der Waals surface area contributed by atoms with Crippen LogP contribution < -0.4 is 5.73 Å². The first kappa shape index (κ1) is 15.7. The molecule has 1 aromatic carbocycles. The van der Waals surface area contributed by atoms with E-state index < -0.39 is 11.7 Å². The Kier molecular flexibility index (Phi) is 6.02. The topological polar surface area (TPSA) is 43.1 Å². The van der Waals surface area contributed by atoms with Gasteiger partial charge in [-0.15, -0.1) is 0 Å². The molecule has 2 N–H and O–H groups in total. The van der Waals surface area contributed by atoms with Crippen LogP contribution in [0.15, 0.2) is 24.3 Å². The van der Waals surface area contributed by atoms with E-state index in [1.807, 2.05) is 0 Å². The minimum atomic E-state index is -4.38. The first-order valence-electron chi connectivity index (χ1n) is 6.31. The van der Waals surface area contributed by atoms with Crippen molar-refractivity contribution in [3.8, 4) is 0 Å². The summed E-state index contributed by atoms with van der Waals surface area (Å²) in [6.07, 6.45) is 2.67.